The third-order valence-corrected chi connectivity index (χ3v) is 13.4. The summed E-state index contributed by atoms with van der Waals surface area (Å²) < 4.78 is 0. The van der Waals surface area contributed by atoms with Gasteiger partial charge in [-0.1, -0.05) is 136 Å². The van der Waals surface area contributed by atoms with E-state index in [9.17, 15) is 0 Å². The summed E-state index contributed by atoms with van der Waals surface area (Å²) in [5.41, 5.74) is 0. The molecule has 264 valence electrons. The largest absolute Gasteiger partial charge is 0.0625 e. The van der Waals surface area contributed by atoms with Crippen molar-refractivity contribution in [3.63, 3.8) is 0 Å². The third-order valence-electron chi connectivity index (χ3n) is 13.4. The average molecular weight is 617 g/mol. The molecule has 4 aliphatic rings. The maximum Gasteiger partial charge on any atom is -0.0365 e. The van der Waals surface area contributed by atoms with E-state index in [-0.39, 0.29) is 0 Å². The molecular formula is C44H88. The zero-order valence-corrected chi connectivity index (χ0v) is 33.7. The van der Waals surface area contributed by atoms with Gasteiger partial charge < -0.3 is 0 Å². The van der Waals surface area contributed by atoms with E-state index >= 15 is 0 Å². The summed E-state index contributed by atoms with van der Waals surface area (Å²) in [6, 6.07) is 0. The van der Waals surface area contributed by atoms with Crippen molar-refractivity contribution in [3.05, 3.63) is 0 Å². The van der Waals surface area contributed by atoms with Crippen LogP contribution in [0.15, 0.2) is 0 Å². The Bertz CT molecular complexity index is 581. The molecule has 0 saturated heterocycles. The molecule has 0 heteroatoms. The summed E-state index contributed by atoms with van der Waals surface area (Å²) in [4.78, 5) is 0. The van der Waals surface area contributed by atoms with Crippen molar-refractivity contribution in [1.82, 2.24) is 0 Å². The number of hydrogen-bond donors (Lipinski definition) is 0. The fourth-order valence-corrected chi connectivity index (χ4v) is 10.7. The van der Waals surface area contributed by atoms with Gasteiger partial charge in [0.25, 0.3) is 0 Å². The quantitative estimate of drug-likeness (QED) is 0.295. The van der Waals surface area contributed by atoms with Crippen LogP contribution < -0.4 is 0 Å². The van der Waals surface area contributed by atoms with Crippen LogP contribution >= 0.6 is 0 Å². The highest BCUT2D eigenvalue weighted by Crippen LogP contribution is 2.40. The second-order valence-electron chi connectivity index (χ2n) is 19.2. The summed E-state index contributed by atoms with van der Waals surface area (Å²) in [5.74, 6) is 15.5. The first kappa shape index (κ1) is 42.0. The first-order valence-corrected chi connectivity index (χ1v) is 20.4. The molecule has 0 N–H and O–H groups in total. The van der Waals surface area contributed by atoms with E-state index in [2.05, 4.69) is 111 Å². The van der Waals surface area contributed by atoms with Crippen molar-refractivity contribution < 1.29 is 0 Å². The molecule has 0 aromatic heterocycles. The SMILES string of the molecule is CC(C)[C@@H]1CC[C@@H](C)C[C@@H]1C.CC(C)[C@@H]1CC[C@@H](C)C[C@H]1C.CC(C)[C@H]1CC[C@H](C)C[C@@H]1C.CC(C)[C@H]1CC[C@H](C)C[C@H]1C. The lowest BCUT2D eigenvalue weighted by Crippen LogP contribution is -2.25. The molecule has 0 radical (unpaired) electrons. The van der Waals surface area contributed by atoms with Gasteiger partial charge in [0.15, 0.2) is 0 Å². The summed E-state index contributed by atoms with van der Waals surface area (Å²) in [5, 5.41) is 0. The molecule has 44 heavy (non-hydrogen) atoms. The van der Waals surface area contributed by atoms with Crippen LogP contribution in [0.5, 0.6) is 0 Å². The van der Waals surface area contributed by atoms with E-state index in [0.717, 1.165) is 94.7 Å². The van der Waals surface area contributed by atoms with Gasteiger partial charge in [-0.05, 0) is 146 Å². The molecule has 0 nitrogen and oxygen atoms in total. The first-order chi connectivity index (χ1) is 20.4. The Morgan fingerprint density at radius 2 is 0.432 bits per heavy atom. The summed E-state index contributed by atoms with van der Waals surface area (Å²) >= 11 is 0. The van der Waals surface area contributed by atoms with E-state index in [1.54, 1.807) is 0 Å². The van der Waals surface area contributed by atoms with Gasteiger partial charge in [-0.15, -0.1) is 0 Å². The summed E-state index contributed by atoms with van der Waals surface area (Å²) in [6.07, 6.45) is 17.6. The molecule has 0 aromatic carbocycles. The van der Waals surface area contributed by atoms with Crippen molar-refractivity contribution in [2.24, 2.45) is 94.7 Å². The average Bonchev–Trinajstić information content (AvgIpc) is 2.89. The maximum atomic E-state index is 2.43. The summed E-state index contributed by atoms with van der Waals surface area (Å²) in [6.45, 7) is 38.3. The van der Waals surface area contributed by atoms with Gasteiger partial charge in [0.2, 0.25) is 0 Å². The third kappa shape index (κ3) is 15.3. The van der Waals surface area contributed by atoms with E-state index in [0.29, 0.717) is 0 Å². The van der Waals surface area contributed by atoms with Gasteiger partial charge in [0.05, 0.1) is 0 Å². The Hall–Kier alpha value is 0. The molecule has 4 rings (SSSR count). The minimum Gasteiger partial charge on any atom is -0.0625 e. The van der Waals surface area contributed by atoms with Crippen LogP contribution in [0.1, 0.15) is 188 Å². The molecule has 12 atom stereocenters. The van der Waals surface area contributed by atoms with Crippen molar-refractivity contribution in [2.75, 3.05) is 0 Å². The van der Waals surface area contributed by atoms with Gasteiger partial charge in [-0.3, -0.25) is 0 Å². The molecule has 0 unspecified atom stereocenters. The van der Waals surface area contributed by atoms with Gasteiger partial charge in [0, 0.05) is 0 Å². The van der Waals surface area contributed by atoms with Crippen LogP contribution in [0.3, 0.4) is 0 Å². The normalized spacial score (nSPS) is 39.5. The molecule has 4 fully saturated rings. The van der Waals surface area contributed by atoms with Gasteiger partial charge in [0.1, 0.15) is 0 Å². The van der Waals surface area contributed by atoms with Crippen LogP contribution in [0.4, 0.5) is 0 Å². The Kier molecular flexibility index (Phi) is 20.1. The van der Waals surface area contributed by atoms with Crippen molar-refractivity contribution in [1.29, 1.82) is 0 Å². The predicted molar refractivity (Wildman–Crippen MR) is 202 cm³/mol. The fraction of sp³-hybridized carbons (Fsp3) is 1.00. The van der Waals surface area contributed by atoms with Crippen molar-refractivity contribution in [2.45, 2.75) is 188 Å². The lowest BCUT2D eigenvalue weighted by Gasteiger charge is -2.35. The lowest BCUT2D eigenvalue weighted by atomic mass is 9.71. The second-order valence-corrected chi connectivity index (χ2v) is 19.2. The topological polar surface area (TPSA) is 0 Å². The highest BCUT2D eigenvalue weighted by Gasteiger charge is 2.29. The molecule has 0 aliphatic heterocycles. The highest BCUT2D eigenvalue weighted by atomic mass is 14.3. The second kappa shape index (κ2) is 21.1. The van der Waals surface area contributed by atoms with E-state index in [1.807, 2.05) is 0 Å². The molecule has 0 aromatic rings. The molecule has 0 spiro atoms. The Balaban J connectivity index is 0.000000293. The predicted octanol–water partition coefficient (Wildman–Crippen LogP) is 14.9. The zero-order chi connectivity index (χ0) is 33.7. The van der Waals surface area contributed by atoms with Gasteiger partial charge >= 0.3 is 0 Å². The van der Waals surface area contributed by atoms with Crippen molar-refractivity contribution >= 4 is 0 Å². The number of rotatable bonds is 4. The minimum atomic E-state index is 0.900. The highest BCUT2D eigenvalue weighted by molar-refractivity contribution is 4.80. The standard InChI is InChI=1S/4C11H22/c4*1-8(2)11-6-5-9(3)7-10(11)4/h4*8-11H,5-7H2,1-4H3/t2*9-,10+,11+;2*9-,10-,11+/m1010/s1. The van der Waals surface area contributed by atoms with Crippen LogP contribution in [0.2, 0.25) is 0 Å². The van der Waals surface area contributed by atoms with Gasteiger partial charge in [-0.25, -0.2) is 0 Å². The van der Waals surface area contributed by atoms with Gasteiger partial charge in [-0.2, -0.15) is 0 Å². The maximum absolute atomic E-state index is 2.43. The fourth-order valence-electron chi connectivity index (χ4n) is 10.7. The van der Waals surface area contributed by atoms with Crippen LogP contribution in [0.25, 0.3) is 0 Å². The molecule has 0 amide bonds. The van der Waals surface area contributed by atoms with E-state index < -0.39 is 0 Å². The molecule has 4 saturated carbocycles. The van der Waals surface area contributed by atoms with Crippen molar-refractivity contribution in [3.8, 4) is 0 Å². The molecular weight excluding hydrogens is 528 g/mol. The van der Waals surface area contributed by atoms with Crippen LogP contribution in [0, 0.1) is 94.7 Å². The number of hydrogen-bond acceptors (Lipinski definition) is 0. The summed E-state index contributed by atoms with van der Waals surface area (Å²) in [7, 11) is 0. The van der Waals surface area contributed by atoms with Crippen LogP contribution in [-0.4, -0.2) is 0 Å². The molecule has 0 heterocycles. The monoisotopic (exact) mass is 617 g/mol. The van der Waals surface area contributed by atoms with E-state index in [4.69, 9.17) is 0 Å². The zero-order valence-electron chi connectivity index (χ0n) is 33.7. The Morgan fingerprint density at radius 1 is 0.273 bits per heavy atom. The lowest BCUT2D eigenvalue weighted by molar-refractivity contribution is 0.158. The smallest absolute Gasteiger partial charge is 0.0365 e. The Labute approximate surface area is 281 Å². The minimum absolute atomic E-state index is 0.900. The van der Waals surface area contributed by atoms with E-state index in [1.165, 1.54) is 77.0 Å². The molecule has 4 aliphatic carbocycles. The Morgan fingerprint density at radius 3 is 0.545 bits per heavy atom. The van der Waals surface area contributed by atoms with Crippen LogP contribution in [-0.2, 0) is 0 Å². The first-order valence-electron chi connectivity index (χ1n) is 20.4. The molecule has 0 bridgehead atoms.